The third-order valence-corrected chi connectivity index (χ3v) is 3.89. The number of aromatic nitrogens is 4. The number of carbonyl (C=O) groups is 1. The van der Waals surface area contributed by atoms with Crippen molar-refractivity contribution in [1.82, 2.24) is 19.9 Å². The standard InChI is InChI=1S/C18H20N4O3/c1-4-10-22-13(3)19-20-15(22)11-24-18(23)16-12(2)21-25-17(16)14-8-6-5-7-9-14/h5-9H,4,10-11H2,1-3H3. The summed E-state index contributed by atoms with van der Waals surface area (Å²) in [7, 11) is 0. The summed E-state index contributed by atoms with van der Waals surface area (Å²) < 4.78 is 12.7. The molecular formula is C18H20N4O3. The van der Waals surface area contributed by atoms with Crippen LogP contribution >= 0.6 is 0 Å². The molecule has 0 atom stereocenters. The van der Waals surface area contributed by atoms with Gasteiger partial charge in [-0.3, -0.25) is 0 Å². The molecule has 7 heteroatoms. The van der Waals surface area contributed by atoms with E-state index in [1.54, 1.807) is 6.92 Å². The van der Waals surface area contributed by atoms with Crippen LogP contribution < -0.4 is 0 Å². The van der Waals surface area contributed by atoms with Crippen molar-refractivity contribution >= 4 is 5.97 Å². The van der Waals surface area contributed by atoms with Crippen molar-refractivity contribution in [3.8, 4) is 11.3 Å². The van der Waals surface area contributed by atoms with Crippen LogP contribution in [0.3, 0.4) is 0 Å². The predicted octanol–water partition coefficient (Wildman–Crippen LogP) is 3.32. The minimum atomic E-state index is -0.485. The number of esters is 1. The van der Waals surface area contributed by atoms with Gasteiger partial charge >= 0.3 is 5.97 Å². The van der Waals surface area contributed by atoms with Crippen molar-refractivity contribution in [2.45, 2.75) is 40.3 Å². The monoisotopic (exact) mass is 340 g/mol. The molecule has 0 spiro atoms. The lowest BCUT2D eigenvalue weighted by Crippen LogP contribution is -2.12. The largest absolute Gasteiger partial charge is 0.454 e. The highest BCUT2D eigenvalue weighted by Gasteiger charge is 2.23. The Morgan fingerprint density at radius 3 is 2.68 bits per heavy atom. The highest BCUT2D eigenvalue weighted by molar-refractivity contribution is 5.96. The van der Waals surface area contributed by atoms with Crippen LogP contribution in [0, 0.1) is 13.8 Å². The summed E-state index contributed by atoms with van der Waals surface area (Å²) in [5.74, 6) is 1.36. The third kappa shape index (κ3) is 3.45. The number of rotatable bonds is 6. The second-order valence-corrected chi connectivity index (χ2v) is 5.73. The Kier molecular flexibility index (Phi) is 4.92. The van der Waals surface area contributed by atoms with E-state index in [9.17, 15) is 4.79 Å². The Bertz CT molecular complexity index is 868. The molecule has 3 rings (SSSR count). The Morgan fingerprint density at radius 1 is 1.20 bits per heavy atom. The molecule has 0 unspecified atom stereocenters. The molecule has 0 aliphatic carbocycles. The first-order chi connectivity index (χ1) is 12.1. The van der Waals surface area contributed by atoms with Gasteiger partial charge in [0.05, 0.1) is 5.69 Å². The van der Waals surface area contributed by atoms with Gasteiger partial charge in [-0.1, -0.05) is 42.4 Å². The van der Waals surface area contributed by atoms with E-state index < -0.39 is 5.97 Å². The van der Waals surface area contributed by atoms with Crippen LogP contribution in [0.5, 0.6) is 0 Å². The average Bonchev–Trinajstić information content (AvgIpc) is 3.18. The average molecular weight is 340 g/mol. The molecule has 7 nitrogen and oxygen atoms in total. The van der Waals surface area contributed by atoms with Crippen LogP contribution in [0.25, 0.3) is 11.3 Å². The van der Waals surface area contributed by atoms with Crippen molar-refractivity contribution in [1.29, 1.82) is 0 Å². The fourth-order valence-electron chi connectivity index (χ4n) is 2.65. The number of hydrogen-bond donors (Lipinski definition) is 0. The van der Waals surface area contributed by atoms with E-state index in [1.165, 1.54) is 0 Å². The van der Waals surface area contributed by atoms with Crippen LogP contribution in [0.15, 0.2) is 34.9 Å². The smallest absolute Gasteiger partial charge is 0.344 e. The topological polar surface area (TPSA) is 83.0 Å². The Hall–Kier alpha value is -2.96. The quantitative estimate of drug-likeness (QED) is 0.640. The zero-order valence-electron chi connectivity index (χ0n) is 14.5. The first-order valence-corrected chi connectivity index (χ1v) is 8.19. The number of ether oxygens (including phenoxy) is 1. The van der Waals surface area contributed by atoms with Gasteiger partial charge in [0.1, 0.15) is 11.4 Å². The van der Waals surface area contributed by atoms with Gasteiger partial charge in [-0.05, 0) is 20.3 Å². The van der Waals surface area contributed by atoms with Crippen LogP contribution in [-0.4, -0.2) is 25.9 Å². The fraction of sp³-hybridized carbons (Fsp3) is 0.333. The van der Waals surface area contributed by atoms with Crippen LogP contribution in [0.1, 0.15) is 41.0 Å². The first kappa shape index (κ1) is 16.9. The maximum absolute atomic E-state index is 12.6. The predicted molar refractivity (Wildman–Crippen MR) is 90.8 cm³/mol. The lowest BCUT2D eigenvalue weighted by molar-refractivity contribution is 0.0457. The molecule has 0 amide bonds. The molecule has 0 radical (unpaired) electrons. The number of hydrogen-bond acceptors (Lipinski definition) is 6. The van der Waals surface area contributed by atoms with E-state index in [4.69, 9.17) is 9.26 Å². The molecule has 2 heterocycles. The zero-order valence-corrected chi connectivity index (χ0v) is 14.5. The van der Waals surface area contributed by atoms with Crippen LogP contribution in [-0.2, 0) is 17.9 Å². The molecule has 25 heavy (non-hydrogen) atoms. The van der Waals surface area contributed by atoms with Gasteiger partial charge in [0.25, 0.3) is 0 Å². The van der Waals surface area contributed by atoms with Gasteiger partial charge in [-0.25, -0.2) is 4.79 Å². The second-order valence-electron chi connectivity index (χ2n) is 5.73. The van der Waals surface area contributed by atoms with E-state index in [1.807, 2.05) is 41.8 Å². The third-order valence-electron chi connectivity index (χ3n) is 3.89. The van der Waals surface area contributed by atoms with Crippen molar-refractivity contribution in [3.05, 3.63) is 53.2 Å². The normalized spacial score (nSPS) is 10.8. The molecule has 0 saturated carbocycles. The number of aryl methyl sites for hydroxylation is 2. The van der Waals surface area contributed by atoms with Crippen molar-refractivity contribution < 1.29 is 14.1 Å². The van der Waals surface area contributed by atoms with Crippen LogP contribution in [0.4, 0.5) is 0 Å². The minimum Gasteiger partial charge on any atom is -0.454 e. The number of benzene rings is 1. The van der Waals surface area contributed by atoms with Gasteiger partial charge in [-0.15, -0.1) is 10.2 Å². The SMILES string of the molecule is CCCn1c(C)nnc1COC(=O)c1c(C)noc1-c1ccccc1. The Balaban J connectivity index is 1.80. The van der Waals surface area contributed by atoms with E-state index >= 15 is 0 Å². The molecule has 0 bridgehead atoms. The zero-order chi connectivity index (χ0) is 17.8. The molecule has 0 N–H and O–H groups in total. The summed E-state index contributed by atoms with van der Waals surface area (Å²) in [5, 5.41) is 12.0. The number of nitrogens with zero attached hydrogens (tertiary/aromatic N) is 4. The number of carbonyl (C=O) groups excluding carboxylic acids is 1. The molecule has 3 aromatic rings. The highest BCUT2D eigenvalue weighted by Crippen LogP contribution is 2.26. The van der Waals surface area contributed by atoms with Gasteiger partial charge in [0.15, 0.2) is 18.2 Å². The molecule has 0 aliphatic rings. The maximum atomic E-state index is 12.6. The lowest BCUT2D eigenvalue weighted by atomic mass is 10.1. The Morgan fingerprint density at radius 2 is 1.96 bits per heavy atom. The van der Waals surface area contributed by atoms with Gasteiger partial charge in [0.2, 0.25) is 0 Å². The maximum Gasteiger partial charge on any atom is 0.344 e. The van der Waals surface area contributed by atoms with Crippen LogP contribution in [0.2, 0.25) is 0 Å². The lowest BCUT2D eigenvalue weighted by Gasteiger charge is -2.08. The van der Waals surface area contributed by atoms with E-state index in [0.29, 0.717) is 22.8 Å². The van der Waals surface area contributed by atoms with E-state index in [-0.39, 0.29) is 6.61 Å². The second kappa shape index (κ2) is 7.29. The van der Waals surface area contributed by atoms with Gasteiger partial charge in [0, 0.05) is 12.1 Å². The van der Waals surface area contributed by atoms with E-state index in [0.717, 1.165) is 24.4 Å². The van der Waals surface area contributed by atoms with Crippen molar-refractivity contribution in [3.63, 3.8) is 0 Å². The van der Waals surface area contributed by atoms with Crippen molar-refractivity contribution in [2.24, 2.45) is 0 Å². The fourth-order valence-corrected chi connectivity index (χ4v) is 2.65. The summed E-state index contributed by atoms with van der Waals surface area (Å²) in [6, 6.07) is 9.36. The first-order valence-electron chi connectivity index (χ1n) is 8.19. The van der Waals surface area contributed by atoms with Crippen molar-refractivity contribution in [2.75, 3.05) is 0 Å². The summed E-state index contributed by atoms with van der Waals surface area (Å²) in [6.07, 6.45) is 0.947. The molecule has 0 saturated heterocycles. The molecule has 0 fully saturated rings. The Labute approximate surface area is 145 Å². The van der Waals surface area contributed by atoms with E-state index in [2.05, 4.69) is 22.3 Å². The summed E-state index contributed by atoms with van der Waals surface area (Å²) >= 11 is 0. The highest BCUT2D eigenvalue weighted by atomic mass is 16.5. The summed E-state index contributed by atoms with van der Waals surface area (Å²) in [6.45, 7) is 6.51. The molecule has 0 aliphatic heterocycles. The minimum absolute atomic E-state index is 0.0541. The molecule has 1 aromatic carbocycles. The molecule has 130 valence electrons. The summed E-state index contributed by atoms with van der Waals surface area (Å²) in [4.78, 5) is 12.6. The molecular weight excluding hydrogens is 320 g/mol. The van der Waals surface area contributed by atoms with Gasteiger partial charge < -0.3 is 13.8 Å². The van der Waals surface area contributed by atoms with Gasteiger partial charge in [-0.2, -0.15) is 0 Å². The molecule has 2 aromatic heterocycles. The summed E-state index contributed by atoms with van der Waals surface area (Å²) in [5.41, 5.74) is 1.61.